The summed E-state index contributed by atoms with van der Waals surface area (Å²) in [5.41, 5.74) is 0.870. The molecule has 0 saturated carbocycles. The molecule has 0 radical (unpaired) electrons. The van der Waals surface area contributed by atoms with Gasteiger partial charge in [0.15, 0.2) is 5.82 Å². The van der Waals surface area contributed by atoms with E-state index in [4.69, 9.17) is 0 Å². The van der Waals surface area contributed by atoms with Gasteiger partial charge in [0, 0.05) is 24.8 Å². The largest absolute Gasteiger partial charge is 0.355 e. The van der Waals surface area contributed by atoms with Crippen molar-refractivity contribution in [3.63, 3.8) is 0 Å². The normalized spacial score (nSPS) is 14.2. The van der Waals surface area contributed by atoms with Crippen LogP contribution in [0.5, 0.6) is 0 Å². The predicted molar refractivity (Wildman–Crippen MR) is 90.3 cm³/mol. The SMILES string of the molecule is Cc1cccc(NC(=O)C2CN(c3cc(-n4cncn4)ncn3)C2)n1. The minimum absolute atomic E-state index is 0.0279. The zero-order valence-corrected chi connectivity index (χ0v) is 13.6. The molecule has 3 aromatic heterocycles. The van der Waals surface area contributed by atoms with Gasteiger partial charge in [0.25, 0.3) is 0 Å². The Labute approximate surface area is 143 Å². The summed E-state index contributed by atoms with van der Waals surface area (Å²) in [7, 11) is 0. The van der Waals surface area contributed by atoms with Gasteiger partial charge in [-0.25, -0.2) is 24.6 Å². The van der Waals surface area contributed by atoms with Crippen LogP contribution in [0.1, 0.15) is 5.69 Å². The standard InChI is InChI=1S/C16H16N8O/c1-11-3-2-4-13(21-11)22-16(25)12-6-23(7-12)14-5-15(19-9-18-14)24-10-17-8-20-24/h2-5,8-10,12H,6-7H2,1H3,(H,21,22,25). The second kappa shape index (κ2) is 6.27. The van der Waals surface area contributed by atoms with Gasteiger partial charge in [0.2, 0.25) is 5.91 Å². The molecular formula is C16H16N8O. The van der Waals surface area contributed by atoms with Crippen molar-refractivity contribution in [1.82, 2.24) is 29.7 Å². The smallest absolute Gasteiger partial charge is 0.232 e. The highest BCUT2D eigenvalue weighted by Gasteiger charge is 2.33. The third-order valence-corrected chi connectivity index (χ3v) is 4.01. The van der Waals surface area contributed by atoms with E-state index in [0.29, 0.717) is 24.7 Å². The number of pyridine rings is 1. The van der Waals surface area contributed by atoms with E-state index in [1.165, 1.54) is 12.7 Å². The Hall–Kier alpha value is -3.36. The van der Waals surface area contributed by atoms with E-state index in [-0.39, 0.29) is 11.8 Å². The Balaban J connectivity index is 1.39. The lowest BCUT2D eigenvalue weighted by Gasteiger charge is -2.38. The number of aryl methyl sites for hydroxylation is 1. The molecule has 0 atom stereocenters. The van der Waals surface area contributed by atoms with E-state index in [2.05, 4.69) is 30.4 Å². The lowest BCUT2D eigenvalue weighted by molar-refractivity contribution is -0.120. The minimum Gasteiger partial charge on any atom is -0.355 e. The van der Waals surface area contributed by atoms with Gasteiger partial charge < -0.3 is 10.2 Å². The van der Waals surface area contributed by atoms with Crippen molar-refractivity contribution in [3.8, 4) is 5.82 Å². The maximum atomic E-state index is 12.3. The van der Waals surface area contributed by atoms with Crippen LogP contribution in [0, 0.1) is 12.8 Å². The number of hydrogen-bond acceptors (Lipinski definition) is 7. The number of aromatic nitrogens is 6. The Morgan fingerprint density at radius 2 is 2.04 bits per heavy atom. The molecule has 0 unspecified atom stereocenters. The number of rotatable bonds is 4. The molecule has 9 nitrogen and oxygen atoms in total. The van der Waals surface area contributed by atoms with Gasteiger partial charge in [-0.2, -0.15) is 5.10 Å². The van der Waals surface area contributed by atoms with Crippen LogP contribution >= 0.6 is 0 Å². The molecule has 25 heavy (non-hydrogen) atoms. The van der Waals surface area contributed by atoms with Crippen LogP contribution < -0.4 is 10.2 Å². The lowest BCUT2D eigenvalue weighted by atomic mass is 9.99. The summed E-state index contributed by atoms with van der Waals surface area (Å²) >= 11 is 0. The molecule has 0 spiro atoms. The summed E-state index contributed by atoms with van der Waals surface area (Å²) in [5, 5.41) is 6.91. The molecule has 1 fully saturated rings. The first-order valence-corrected chi connectivity index (χ1v) is 7.85. The third-order valence-electron chi connectivity index (χ3n) is 4.01. The fourth-order valence-electron chi connectivity index (χ4n) is 2.63. The molecule has 1 aliphatic heterocycles. The van der Waals surface area contributed by atoms with Gasteiger partial charge in [0.1, 0.15) is 30.6 Å². The molecule has 9 heteroatoms. The van der Waals surface area contributed by atoms with E-state index < -0.39 is 0 Å². The van der Waals surface area contributed by atoms with E-state index >= 15 is 0 Å². The molecule has 0 bridgehead atoms. The average Bonchev–Trinajstić information content (AvgIpc) is 3.08. The lowest BCUT2D eigenvalue weighted by Crippen LogP contribution is -2.52. The molecule has 1 aliphatic rings. The quantitative estimate of drug-likeness (QED) is 0.753. The highest BCUT2D eigenvalue weighted by atomic mass is 16.2. The van der Waals surface area contributed by atoms with Crippen LogP contribution in [0.2, 0.25) is 0 Å². The van der Waals surface area contributed by atoms with E-state index in [1.54, 1.807) is 17.1 Å². The molecule has 1 saturated heterocycles. The van der Waals surface area contributed by atoms with Crippen molar-refractivity contribution in [3.05, 3.63) is 48.9 Å². The molecular weight excluding hydrogens is 320 g/mol. The summed E-state index contributed by atoms with van der Waals surface area (Å²) < 4.78 is 1.57. The zero-order chi connectivity index (χ0) is 17.2. The first kappa shape index (κ1) is 15.2. The topological polar surface area (TPSA) is 102 Å². The molecule has 3 aromatic rings. The van der Waals surface area contributed by atoms with Crippen LogP contribution in [0.15, 0.2) is 43.2 Å². The van der Waals surface area contributed by atoms with Crippen LogP contribution in [0.4, 0.5) is 11.6 Å². The van der Waals surface area contributed by atoms with Crippen LogP contribution in [0.25, 0.3) is 5.82 Å². The second-order valence-corrected chi connectivity index (χ2v) is 5.83. The monoisotopic (exact) mass is 336 g/mol. The maximum Gasteiger partial charge on any atom is 0.232 e. The minimum atomic E-state index is -0.0907. The van der Waals surface area contributed by atoms with Gasteiger partial charge in [-0.15, -0.1) is 0 Å². The van der Waals surface area contributed by atoms with Gasteiger partial charge >= 0.3 is 0 Å². The average molecular weight is 336 g/mol. The van der Waals surface area contributed by atoms with Crippen molar-refractivity contribution in [1.29, 1.82) is 0 Å². The molecule has 1 N–H and O–H groups in total. The summed E-state index contributed by atoms with van der Waals surface area (Å²) in [6, 6.07) is 7.38. The van der Waals surface area contributed by atoms with E-state index in [1.807, 2.05) is 30.0 Å². The number of carbonyl (C=O) groups excluding carboxylic acids is 1. The van der Waals surface area contributed by atoms with Crippen molar-refractivity contribution in [2.24, 2.45) is 5.92 Å². The summed E-state index contributed by atoms with van der Waals surface area (Å²) in [4.78, 5) is 31.0. The predicted octanol–water partition coefficient (Wildman–Crippen LogP) is 0.836. The zero-order valence-electron chi connectivity index (χ0n) is 13.6. The molecule has 4 rings (SSSR count). The Morgan fingerprint density at radius 3 is 2.80 bits per heavy atom. The first-order valence-electron chi connectivity index (χ1n) is 7.85. The third kappa shape index (κ3) is 3.16. The van der Waals surface area contributed by atoms with Crippen LogP contribution in [0.3, 0.4) is 0 Å². The summed E-state index contributed by atoms with van der Waals surface area (Å²) in [6.45, 7) is 3.10. The molecule has 4 heterocycles. The second-order valence-electron chi connectivity index (χ2n) is 5.83. The molecule has 126 valence electrons. The van der Waals surface area contributed by atoms with Gasteiger partial charge in [-0.05, 0) is 19.1 Å². The van der Waals surface area contributed by atoms with Crippen molar-refractivity contribution in [2.45, 2.75) is 6.92 Å². The van der Waals surface area contributed by atoms with Gasteiger partial charge in [-0.3, -0.25) is 4.79 Å². The molecule has 1 amide bonds. The number of nitrogens with one attached hydrogen (secondary N) is 1. The maximum absolute atomic E-state index is 12.3. The van der Waals surface area contributed by atoms with Crippen molar-refractivity contribution < 1.29 is 4.79 Å². The number of carbonyl (C=O) groups is 1. The van der Waals surface area contributed by atoms with Crippen LogP contribution in [-0.2, 0) is 4.79 Å². The van der Waals surface area contributed by atoms with Gasteiger partial charge in [-0.1, -0.05) is 6.07 Å². The Kier molecular flexibility index (Phi) is 3.81. The Bertz CT molecular complexity index is 889. The number of anilines is 2. The van der Waals surface area contributed by atoms with E-state index in [0.717, 1.165) is 11.5 Å². The highest BCUT2D eigenvalue weighted by Crippen LogP contribution is 2.24. The fraction of sp³-hybridized carbons (Fsp3) is 0.250. The number of amides is 1. The summed E-state index contributed by atoms with van der Waals surface area (Å²) in [6.07, 6.45) is 4.51. The number of hydrogen-bond donors (Lipinski definition) is 1. The summed E-state index contributed by atoms with van der Waals surface area (Å²) in [5.74, 6) is 1.86. The number of nitrogens with zero attached hydrogens (tertiary/aromatic N) is 7. The highest BCUT2D eigenvalue weighted by molar-refractivity contribution is 5.93. The van der Waals surface area contributed by atoms with Crippen LogP contribution in [-0.4, -0.2) is 48.7 Å². The first-order chi connectivity index (χ1) is 12.2. The molecule has 0 aliphatic carbocycles. The van der Waals surface area contributed by atoms with Crippen molar-refractivity contribution >= 4 is 17.5 Å². The molecule has 0 aromatic carbocycles. The fourth-order valence-corrected chi connectivity index (χ4v) is 2.63. The van der Waals surface area contributed by atoms with E-state index in [9.17, 15) is 4.79 Å². The van der Waals surface area contributed by atoms with Gasteiger partial charge in [0.05, 0.1) is 5.92 Å². The van der Waals surface area contributed by atoms with Crippen molar-refractivity contribution in [2.75, 3.05) is 23.3 Å². The Morgan fingerprint density at radius 1 is 1.20 bits per heavy atom.